The Kier molecular flexibility index (Phi) is 6.21. The number of hydrogen-bond acceptors (Lipinski definition) is 9. The summed E-state index contributed by atoms with van der Waals surface area (Å²) in [4.78, 5) is 3.44. The van der Waals surface area contributed by atoms with Crippen LogP contribution in [0.4, 0.5) is 11.4 Å². The molecule has 0 amide bonds. The molecule has 0 atom stereocenters. The fourth-order valence-corrected chi connectivity index (χ4v) is 3.55. The van der Waals surface area contributed by atoms with E-state index in [0.717, 1.165) is 24.3 Å². The molecule has 0 saturated heterocycles. The zero-order valence-electron chi connectivity index (χ0n) is 15.4. The maximum absolute atomic E-state index is 11.2. The summed E-state index contributed by atoms with van der Waals surface area (Å²) in [5, 5.41) is 27.1. The Labute approximate surface area is 176 Å². The van der Waals surface area contributed by atoms with E-state index in [1.54, 1.807) is 0 Å². The van der Waals surface area contributed by atoms with Crippen LogP contribution < -0.4 is 0 Å². The largest absolute Gasteiger partial charge is 0.493 e. The quantitative estimate of drug-likeness (QED) is 0.174. The predicted molar refractivity (Wildman–Crippen MR) is 105 cm³/mol. The van der Waals surface area contributed by atoms with Crippen LogP contribution in [-0.4, -0.2) is 40.9 Å². The third-order valence-electron chi connectivity index (χ3n) is 4.06. The molecule has 4 N–H and O–H groups in total. The van der Waals surface area contributed by atoms with Gasteiger partial charge in [0.25, 0.3) is 20.2 Å². The molecular formula is C17H15N3O9S2. The fraction of sp³-hybridized carbons (Fsp3) is 0.0588. The van der Waals surface area contributed by atoms with E-state index in [-0.39, 0.29) is 33.3 Å². The van der Waals surface area contributed by atoms with E-state index in [1.807, 2.05) is 0 Å². The maximum Gasteiger partial charge on any atom is 0.294 e. The van der Waals surface area contributed by atoms with Gasteiger partial charge in [0, 0.05) is 17.4 Å². The Balaban J connectivity index is 1.97. The fourth-order valence-electron chi connectivity index (χ4n) is 2.59. The van der Waals surface area contributed by atoms with E-state index in [9.17, 15) is 21.9 Å². The van der Waals surface area contributed by atoms with Crippen LogP contribution in [0.1, 0.15) is 5.56 Å². The minimum atomic E-state index is -4.39. The molecule has 0 fully saturated rings. The van der Waals surface area contributed by atoms with Gasteiger partial charge in [-0.3, -0.25) is 18.9 Å². The van der Waals surface area contributed by atoms with Crippen LogP contribution in [0.2, 0.25) is 0 Å². The van der Waals surface area contributed by atoms with Crippen molar-refractivity contribution in [3.8, 4) is 11.6 Å². The van der Waals surface area contributed by atoms with Gasteiger partial charge in [0.05, 0.1) is 15.5 Å². The van der Waals surface area contributed by atoms with Gasteiger partial charge in [-0.15, -0.1) is 5.11 Å². The third kappa shape index (κ3) is 5.13. The standard InChI is InChI=1S/C17H15N3O9S2/c21-17-16(19-18-12-1-5-14(6-2-12)30(23,24)25)11(10-29-22)9-20(17)13-3-7-15(8-4-13)31(26,27)28/h1-9,21-22H,10H2,(H,23,24,25)(H,26,27,28). The summed E-state index contributed by atoms with van der Waals surface area (Å²) in [6, 6.07) is 9.68. The normalized spacial score (nSPS) is 12.5. The van der Waals surface area contributed by atoms with E-state index in [4.69, 9.17) is 14.4 Å². The first-order chi connectivity index (χ1) is 14.5. The zero-order chi connectivity index (χ0) is 22.8. The van der Waals surface area contributed by atoms with Gasteiger partial charge < -0.3 is 5.11 Å². The minimum absolute atomic E-state index is 0.0771. The first kappa shape index (κ1) is 22.5. The Morgan fingerprint density at radius 3 is 1.84 bits per heavy atom. The van der Waals surface area contributed by atoms with Crippen molar-refractivity contribution >= 4 is 31.6 Å². The number of rotatable bonds is 7. The molecule has 0 saturated carbocycles. The van der Waals surface area contributed by atoms with Crippen molar-refractivity contribution in [1.82, 2.24) is 4.57 Å². The zero-order valence-corrected chi connectivity index (χ0v) is 17.0. The smallest absolute Gasteiger partial charge is 0.294 e. The summed E-state index contributed by atoms with van der Waals surface area (Å²) in [6.07, 6.45) is 1.36. The molecule has 0 bridgehead atoms. The molecule has 164 valence electrons. The van der Waals surface area contributed by atoms with E-state index in [2.05, 4.69) is 15.1 Å². The van der Waals surface area contributed by atoms with Crippen LogP contribution in [0.25, 0.3) is 5.69 Å². The van der Waals surface area contributed by atoms with Crippen LogP contribution in [-0.2, 0) is 31.7 Å². The molecule has 0 unspecified atom stereocenters. The van der Waals surface area contributed by atoms with Gasteiger partial charge in [-0.1, -0.05) is 0 Å². The van der Waals surface area contributed by atoms with Gasteiger partial charge in [0.15, 0.2) is 5.69 Å². The molecule has 3 aromatic rings. The lowest BCUT2D eigenvalue weighted by Crippen LogP contribution is -1.98. The summed E-state index contributed by atoms with van der Waals surface area (Å²) in [5.74, 6) is -0.412. The summed E-state index contributed by atoms with van der Waals surface area (Å²) < 4.78 is 63.8. The molecule has 12 nitrogen and oxygen atoms in total. The summed E-state index contributed by atoms with van der Waals surface area (Å²) in [5.41, 5.74) is 0.653. The predicted octanol–water partition coefficient (Wildman–Crippen LogP) is 3.08. The molecule has 31 heavy (non-hydrogen) atoms. The highest BCUT2D eigenvalue weighted by molar-refractivity contribution is 7.86. The lowest BCUT2D eigenvalue weighted by molar-refractivity contribution is -0.252. The van der Waals surface area contributed by atoms with E-state index >= 15 is 0 Å². The van der Waals surface area contributed by atoms with Gasteiger partial charge >= 0.3 is 0 Å². The lowest BCUT2D eigenvalue weighted by atomic mass is 10.3. The Morgan fingerprint density at radius 2 is 1.35 bits per heavy atom. The van der Waals surface area contributed by atoms with Gasteiger partial charge in [-0.25, -0.2) is 4.89 Å². The minimum Gasteiger partial charge on any atom is -0.493 e. The van der Waals surface area contributed by atoms with E-state index < -0.39 is 26.1 Å². The second-order valence-corrected chi connectivity index (χ2v) is 8.95. The second kappa shape index (κ2) is 8.54. The number of hydrogen-bond donors (Lipinski definition) is 4. The second-order valence-electron chi connectivity index (χ2n) is 6.11. The summed E-state index contributed by atoms with van der Waals surface area (Å²) in [6.45, 7) is -0.361. The molecular weight excluding hydrogens is 454 g/mol. The van der Waals surface area contributed by atoms with Crippen molar-refractivity contribution in [2.75, 3.05) is 0 Å². The highest BCUT2D eigenvalue weighted by atomic mass is 32.2. The van der Waals surface area contributed by atoms with Crippen LogP contribution in [0.15, 0.2) is 74.7 Å². The average Bonchev–Trinajstić information content (AvgIpc) is 3.01. The molecule has 1 heterocycles. The number of benzene rings is 2. The first-order valence-corrected chi connectivity index (χ1v) is 11.2. The topological polar surface area (TPSA) is 188 Å². The average molecular weight is 469 g/mol. The molecule has 3 rings (SSSR count). The van der Waals surface area contributed by atoms with Gasteiger partial charge in [-0.05, 0) is 48.5 Å². The molecule has 0 aliphatic heterocycles. The van der Waals surface area contributed by atoms with Crippen molar-refractivity contribution in [2.24, 2.45) is 10.2 Å². The van der Waals surface area contributed by atoms with E-state index in [1.165, 1.54) is 35.0 Å². The van der Waals surface area contributed by atoms with Crippen molar-refractivity contribution in [2.45, 2.75) is 16.4 Å². The lowest BCUT2D eigenvalue weighted by Gasteiger charge is -2.05. The van der Waals surface area contributed by atoms with Crippen molar-refractivity contribution in [3.63, 3.8) is 0 Å². The molecule has 2 aromatic carbocycles. The SMILES string of the molecule is O=S(=O)(O)c1ccc(N=Nc2c(COO)cn(-c3ccc(S(=O)(=O)O)cc3)c2O)cc1. The monoisotopic (exact) mass is 469 g/mol. The first-order valence-electron chi connectivity index (χ1n) is 8.27. The van der Waals surface area contributed by atoms with E-state index in [0.29, 0.717) is 5.69 Å². The maximum atomic E-state index is 11.2. The van der Waals surface area contributed by atoms with Crippen LogP contribution in [0, 0.1) is 0 Å². The number of aromatic nitrogens is 1. The summed E-state index contributed by atoms with van der Waals surface area (Å²) in [7, 11) is -8.75. The third-order valence-corrected chi connectivity index (χ3v) is 5.80. The highest BCUT2D eigenvalue weighted by Crippen LogP contribution is 2.37. The van der Waals surface area contributed by atoms with Crippen LogP contribution in [0.5, 0.6) is 5.88 Å². The Morgan fingerprint density at radius 1 is 0.839 bits per heavy atom. The summed E-state index contributed by atoms with van der Waals surface area (Å²) >= 11 is 0. The Hall–Kier alpha value is -3.14. The number of aromatic hydroxyl groups is 1. The van der Waals surface area contributed by atoms with Crippen molar-refractivity contribution in [1.29, 1.82) is 0 Å². The molecule has 1 aromatic heterocycles. The van der Waals surface area contributed by atoms with Crippen LogP contribution >= 0.6 is 0 Å². The molecule has 0 radical (unpaired) electrons. The van der Waals surface area contributed by atoms with Gasteiger partial charge in [0.2, 0.25) is 5.88 Å². The van der Waals surface area contributed by atoms with Gasteiger partial charge in [0.1, 0.15) is 6.61 Å². The molecule has 0 aliphatic rings. The highest BCUT2D eigenvalue weighted by Gasteiger charge is 2.18. The number of nitrogens with zero attached hydrogens (tertiary/aromatic N) is 3. The van der Waals surface area contributed by atoms with Crippen LogP contribution in [0.3, 0.4) is 0 Å². The molecule has 0 spiro atoms. The van der Waals surface area contributed by atoms with Gasteiger partial charge in [-0.2, -0.15) is 21.9 Å². The van der Waals surface area contributed by atoms with Crippen molar-refractivity contribution in [3.05, 3.63) is 60.3 Å². The molecule has 14 heteroatoms. The molecule has 0 aliphatic carbocycles. The number of azo groups is 1. The Bertz CT molecular complexity index is 1330. The van der Waals surface area contributed by atoms with Crippen molar-refractivity contribution < 1.29 is 41.2 Å².